The third-order valence-electron chi connectivity index (χ3n) is 1.55. The van der Waals surface area contributed by atoms with Gasteiger partial charge in [-0.3, -0.25) is 10.1 Å². The summed E-state index contributed by atoms with van der Waals surface area (Å²) in [4.78, 5) is 0. The normalized spacial score (nSPS) is 11.8. The van der Waals surface area contributed by atoms with Crippen LogP contribution in [-0.4, -0.2) is 27.2 Å². The molecule has 1 rings (SSSR count). The van der Waals surface area contributed by atoms with E-state index < -0.39 is 0 Å². The predicted octanol–water partition coefficient (Wildman–Crippen LogP) is 0.590. The summed E-state index contributed by atoms with van der Waals surface area (Å²) < 4.78 is 1.69. The van der Waals surface area contributed by atoms with Gasteiger partial charge in [0, 0.05) is 32.0 Å². The Hall–Kier alpha value is -1.36. The first-order chi connectivity index (χ1) is 6.22. The van der Waals surface area contributed by atoms with Crippen LogP contribution in [-0.2, 0) is 7.05 Å². The molecule has 1 aromatic heterocycles. The van der Waals surface area contributed by atoms with E-state index in [4.69, 9.17) is 5.11 Å². The van der Waals surface area contributed by atoms with Crippen LogP contribution in [0.2, 0.25) is 0 Å². The molecule has 0 bridgehead atoms. The van der Waals surface area contributed by atoms with Crippen LogP contribution < -0.4 is 5.43 Å². The fourth-order valence-corrected chi connectivity index (χ4v) is 0.857. The average molecular weight is 182 g/mol. The van der Waals surface area contributed by atoms with Crippen molar-refractivity contribution in [3.05, 3.63) is 12.4 Å². The van der Waals surface area contributed by atoms with Gasteiger partial charge in [0.05, 0.1) is 11.9 Å². The molecule has 0 atom stereocenters. The largest absolute Gasteiger partial charge is 0.396 e. The van der Waals surface area contributed by atoms with Crippen molar-refractivity contribution < 1.29 is 5.11 Å². The lowest BCUT2D eigenvalue weighted by Gasteiger charge is -1.97. The standard InChI is InChI=1S/C8H14N4O/c1-7(3-4-13)10-11-8-5-9-12(2)6-8/h5-6,11,13H,3-4H2,1-2H3/b10-7+. The zero-order valence-electron chi connectivity index (χ0n) is 7.86. The van der Waals surface area contributed by atoms with Gasteiger partial charge in [-0.15, -0.1) is 0 Å². The topological polar surface area (TPSA) is 62.4 Å². The number of nitrogens with one attached hydrogen (secondary N) is 1. The van der Waals surface area contributed by atoms with Gasteiger partial charge in [0.1, 0.15) is 0 Å². The van der Waals surface area contributed by atoms with E-state index in [1.54, 1.807) is 10.9 Å². The molecule has 1 aromatic rings. The van der Waals surface area contributed by atoms with Gasteiger partial charge in [-0.1, -0.05) is 0 Å². The summed E-state index contributed by atoms with van der Waals surface area (Å²) in [6, 6.07) is 0. The van der Waals surface area contributed by atoms with Crippen LogP contribution in [0.1, 0.15) is 13.3 Å². The minimum atomic E-state index is 0.129. The Morgan fingerprint density at radius 2 is 2.54 bits per heavy atom. The van der Waals surface area contributed by atoms with E-state index in [0.29, 0.717) is 6.42 Å². The van der Waals surface area contributed by atoms with E-state index in [0.717, 1.165) is 11.4 Å². The van der Waals surface area contributed by atoms with E-state index >= 15 is 0 Å². The zero-order chi connectivity index (χ0) is 9.68. The molecular weight excluding hydrogens is 168 g/mol. The van der Waals surface area contributed by atoms with E-state index in [2.05, 4.69) is 15.6 Å². The SMILES string of the molecule is C/C(CCO)=N\Nc1cnn(C)c1. The Kier molecular flexibility index (Phi) is 3.45. The molecule has 13 heavy (non-hydrogen) atoms. The molecule has 0 radical (unpaired) electrons. The summed E-state index contributed by atoms with van der Waals surface area (Å²) in [5.74, 6) is 0. The van der Waals surface area contributed by atoms with Crippen LogP contribution in [0.25, 0.3) is 0 Å². The van der Waals surface area contributed by atoms with Gasteiger partial charge < -0.3 is 5.11 Å². The molecule has 1 heterocycles. The minimum Gasteiger partial charge on any atom is -0.396 e. The molecule has 0 fully saturated rings. The summed E-state index contributed by atoms with van der Waals surface area (Å²) in [5, 5.41) is 16.6. The number of aryl methyl sites for hydroxylation is 1. The van der Waals surface area contributed by atoms with Crippen LogP contribution in [0.3, 0.4) is 0 Å². The first-order valence-electron chi connectivity index (χ1n) is 4.11. The molecule has 0 saturated carbocycles. The van der Waals surface area contributed by atoms with Gasteiger partial charge in [0.15, 0.2) is 0 Å². The Labute approximate surface area is 77.1 Å². The van der Waals surface area contributed by atoms with Gasteiger partial charge in [0.2, 0.25) is 0 Å². The highest BCUT2D eigenvalue weighted by Gasteiger charge is 1.93. The number of hydrogen-bond acceptors (Lipinski definition) is 4. The smallest absolute Gasteiger partial charge is 0.0941 e. The van der Waals surface area contributed by atoms with E-state index in [-0.39, 0.29) is 6.61 Å². The molecule has 0 amide bonds. The molecule has 2 N–H and O–H groups in total. The van der Waals surface area contributed by atoms with Gasteiger partial charge in [0.25, 0.3) is 0 Å². The number of aliphatic hydroxyl groups is 1. The molecule has 0 unspecified atom stereocenters. The molecule has 0 aliphatic heterocycles. The van der Waals surface area contributed by atoms with Gasteiger partial charge in [-0.05, 0) is 6.92 Å². The quantitative estimate of drug-likeness (QED) is 0.529. The zero-order valence-corrected chi connectivity index (χ0v) is 7.86. The highest BCUT2D eigenvalue weighted by molar-refractivity contribution is 5.82. The van der Waals surface area contributed by atoms with Gasteiger partial charge in [-0.25, -0.2) is 0 Å². The third kappa shape index (κ3) is 3.25. The maximum absolute atomic E-state index is 8.61. The lowest BCUT2D eigenvalue weighted by molar-refractivity contribution is 0.307. The fraction of sp³-hybridized carbons (Fsp3) is 0.500. The molecule has 5 nitrogen and oxygen atoms in total. The third-order valence-corrected chi connectivity index (χ3v) is 1.55. The summed E-state index contributed by atoms with van der Waals surface area (Å²) in [6.45, 7) is 1.99. The number of nitrogens with zero attached hydrogens (tertiary/aromatic N) is 3. The minimum absolute atomic E-state index is 0.129. The Bertz CT molecular complexity index is 292. The predicted molar refractivity (Wildman–Crippen MR) is 51.6 cm³/mol. The lowest BCUT2D eigenvalue weighted by atomic mass is 10.3. The van der Waals surface area contributed by atoms with Crippen molar-refractivity contribution in [1.29, 1.82) is 0 Å². The second-order valence-corrected chi connectivity index (χ2v) is 2.84. The van der Waals surface area contributed by atoms with Crippen molar-refractivity contribution in [2.45, 2.75) is 13.3 Å². The fourth-order valence-electron chi connectivity index (χ4n) is 0.857. The lowest BCUT2D eigenvalue weighted by Crippen LogP contribution is -1.99. The molecular formula is C8H14N4O. The van der Waals surface area contributed by atoms with Crippen molar-refractivity contribution in [3.8, 4) is 0 Å². The number of anilines is 1. The van der Waals surface area contributed by atoms with E-state index in [9.17, 15) is 0 Å². The monoisotopic (exact) mass is 182 g/mol. The second kappa shape index (κ2) is 4.61. The van der Waals surface area contributed by atoms with Crippen molar-refractivity contribution in [3.63, 3.8) is 0 Å². The molecule has 72 valence electrons. The van der Waals surface area contributed by atoms with E-state index in [1.807, 2.05) is 20.2 Å². The van der Waals surface area contributed by atoms with Crippen molar-refractivity contribution in [2.24, 2.45) is 12.1 Å². The summed E-state index contributed by atoms with van der Waals surface area (Å²) in [7, 11) is 1.84. The van der Waals surface area contributed by atoms with Crippen LogP contribution >= 0.6 is 0 Å². The summed E-state index contributed by atoms with van der Waals surface area (Å²) >= 11 is 0. The summed E-state index contributed by atoms with van der Waals surface area (Å²) in [6.07, 6.45) is 4.11. The maximum Gasteiger partial charge on any atom is 0.0941 e. The molecule has 0 saturated heterocycles. The number of aliphatic hydroxyl groups excluding tert-OH is 1. The number of hydrogen-bond donors (Lipinski definition) is 2. The average Bonchev–Trinajstić information content (AvgIpc) is 2.49. The second-order valence-electron chi connectivity index (χ2n) is 2.84. The summed E-state index contributed by atoms with van der Waals surface area (Å²) in [5.41, 5.74) is 4.56. The molecule has 0 aliphatic carbocycles. The van der Waals surface area contributed by atoms with Crippen LogP contribution in [0.5, 0.6) is 0 Å². The highest BCUT2D eigenvalue weighted by atomic mass is 16.3. The van der Waals surface area contributed by atoms with Crippen molar-refractivity contribution in [1.82, 2.24) is 9.78 Å². The molecule has 0 spiro atoms. The first kappa shape index (κ1) is 9.73. The Morgan fingerprint density at radius 1 is 1.77 bits per heavy atom. The Balaban J connectivity index is 2.46. The number of rotatable bonds is 4. The number of aromatic nitrogens is 2. The van der Waals surface area contributed by atoms with Crippen LogP contribution in [0.4, 0.5) is 5.69 Å². The van der Waals surface area contributed by atoms with E-state index in [1.165, 1.54) is 0 Å². The van der Waals surface area contributed by atoms with Crippen molar-refractivity contribution >= 4 is 11.4 Å². The first-order valence-corrected chi connectivity index (χ1v) is 4.11. The van der Waals surface area contributed by atoms with Crippen LogP contribution in [0, 0.1) is 0 Å². The van der Waals surface area contributed by atoms with Crippen LogP contribution in [0.15, 0.2) is 17.5 Å². The number of hydrazone groups is 1. The van der Waals surface area contributed by atoms with Gasteiger partial charge >= 0.3 is 0 Å². The molecule has 0 aromatic carbocycles. The molecule has 0 aliphatic rings. The molecule has 5 heteroatoms. The van der Waals surface area contributed by atoms with Gasteiger partial charge in [-0.2, -0.15) is 10.2 Å². The maximum atomic E-state index is 8.61. The highest BCUT2D eigenvalue weighted by Crippen LogP contribution is 2.02. The van der Waals surface area contributed by atoms with Crippen molar-refractivity contribution in [2.75, 3.05) is 12.0 Å². The Morgan fingerprint density at radius 3 is 3.08 bits per heavy atom.